The molecule has 0 radical (unpaired) electrons. The van der Waals surface area contributed by atoms with Gasteiger partial charge < -0.3 is 4.98 Å². The maximum Gasteiger partial charge on any atom is 0.166 e. The van der Waals surface area contributed by atoms with Crippen LogP contribution >= 0.6 is 0 Å². The van der Waals surface area contributed by atoms with E-state index in [9.17, 15) is 9.18 Å². The highest BCUT2D eigenvalue weighted by atomic mass is 19.1. The Morgan fingerprint density at radius 1 is 1.50 bits per heavy atom. The van der Waals surface area contributed by atoms with Gasteiger partial charge in [-0.15, -0.1) is 0 Å². The molecule has 1 rings (SSSR count). The van der Waals surface area contributed by atoms with Crippen LogP contribution in [0.15, 0.2) is 0 Å². The fraction of sp³-hybridized carbons (Fsp3) is 0.286. The van der Waals surface area contributed by atoms with E-state index in [1.54, 1.807) is 13.8 Å². The molecule has 2 nitrogen and oxygen atoms in total. The third-order valence-corrected chi connectivity index (χ3v) is 1.50. The summed E-state index contributed by atoms with van der Waals surface area (Å²) in [6.07, 6.45) is 0.616. The largest absolute Gasteiger partial charge is 0.354 e. The summed E-state index contributed by atoms with van der Waals surface area (Å²) in [5, 5.41) is 0. The molecule has 10 heavy (non-hydrogen) atoms. The number of aldehydes is 1. The molecule has 0 saturated carbocycles. The van der Waals surface area contributed by atoms with Gasteiger partial charge in [-0.3, -0.25) is 4.79 Å². The topological polar surface area (TPSA) is 32.9 Å². The van der Waals surface area contributed by atoms with Gasteiger partial charge in [0.25, 0.3) is 0 Å². The van der Waals surface area contributed by atoms with Gasteiger partial charge in [0, 0.05) is 11.3 Å². The zero-order chi connectivity index (χ0) is 7.72. The Labute approximate surface area is 58.1 Å². The Morgan fingerprint density at radius 3 is 2.30 bits per heavy atom. The molecule has 1 heterocycles. The zero-order valence-electron chi connectivity index (χ0n) is 5.86. The lowest BCUT2D eigenvalue weighted by molar-refractivity contribution is 0.111. The van der Waals surface area contributed by atoms with Crippen molar-refractivity contribution < 1.29 is 9.18 Å². The maximum absolute atomic E-state index is 12.7. The van der Waals surface area contributed by atoms with Crippen LogP contribution in [0.4, 0.5) is 4.39 Å². The number of aromatic nitrogens is 1. The first-order chi connectivity index (χ1) is 4.66. The molecule has 0 atom stereocenters. The molecule has 1 aromatic heterocycles. The Morgan fingerprint density at radius 2 is 2.10 bits per heavy atom. The van der Waals surface area contributed by atoms with Gasteiger partial charge in [-0.1, -0.05) is 0 Å². The van der Waals surface area contributed by atoms with Crippen LogP contribution in [0.1, 0.15) is 21.7 Å². The van der Waals surface area contributed by atoms with Gasteiger partial charge in [0.05, 0.1) is 5.69 Å². The first-order valence-electron chi connectivity index (χ1n) is 2.96. The average molecular weight is 141 g/mol. The molecule has 0 saturated heterocycles. The normalized spacial score (nSPS) is 9.90. The number of halogens is 1. The number of hydrogen-bond acceptors (Lipinski definition) is 1. The van der Waals surface area contributed by atoms with Crippen molar-refractivity contribution in [3.05, 3.63) is 22.8 Å². The summed E-state index contributed by atoms with van der Waals surface area (Å²) in [4.78, 5) is 12.8. The summed E-state index contributed by atoms with van der Waals surface area (Å²) < 4.78 is 12.7. The van der Waals surface area contributed by atoms with Gasteiger partial charge in [0.15, 0.2) is 6.29 Å². The number of aryl methyl sites for hydroxylation is 1. The van der Waals surface area contributed by atoms with Gasteiger partial charge >= 0.3 is 0 Å². The summed E-state index contributed by atoms with van der Waals surface area (Å²) in [5.74, 6) is -0.317. The molecule has 0 fully saturated rings. The molecular formula is C7H8FNO. The van der Waals surface area contributed by atoms with E-state index in [-0.39, 0.29) is 5.82 Å². The number of rotatable bonds is 1. The van der Waals surface area contributed by atoms with Gasteiger partial charge in [0.1, 0.15) is 5.82 Å². The maximum atomic E-state index is 12.7. The molecule has 1 aromatic rings. The van der Waals surface area contributed by atoms with E-state index < -0.39 is 0 Å². The third-order valence-electron chi connectivity index (χ3n) is 1.50. The number of carbonyl (C=O) groups is 1. The molecular weight excluding hydrogens is 133 g/mol. The second kappa shape index (κ2) is 2.25. The van der Waals surface area contributed by atoms with Crippen molar-refractivity contribution in [1.82, 2.24) is 4.98 Å². The number of aromatic amines is 1. The molecule has 1 N–H and O–H groups in total. The lowest BCUT2D eigenvalue weighted by Crippen LogP contribution is -1.81. The van der Waals surface area contributed by atoms with Crippen LogP contribution in [-0.2, 0) is 0 Å². The van der Waals surface area contributed by atoms with Crippen molar-refractivity contribution >= 4 is 6.29 Å². The fourth-order valence-electron chi connectivity index (χ4n) is 0.868. The smallest absolute Gasteiger partial charge is 0.166 e. The summed E-state index contributed by atoms with van der Waals surface area (Å²) in [5.41, 5.74) is 1.14. The highest BCUT2D eigenvalue weighted by Gasteiger charge is 2.08. The highest BCUT2D eigenvalue weighted by molar-refractivity contribution is 5.74. The van der Waals surface area contributed by atoms with Crippen molar-refractivity contribution in [2.24, 2.45) is 0 Å². The van der Waals surface area contributed by atoms with E-state index in [0.29, 0.717) is 23.2 Å². The molecule has 3 heteroatoms. The molecule has 0 aliphatic carbocycles. The molecule has 0 spiro atoms. The Hall–Kier alpha value is -1.12. The number of nitrogens with one attached hydrogen (secondary N) is 1. The van der Waals surface area contributed by atoms with Crippen LogP contribution in [0, 0.1) is 19.7 Å². The summed E-state index contributed by atoms with van der Waals surface area (Å²) in [6, 6.07) is 0. The predicted octanol–water partition coefficient (Wildman–Crippen LogP) is 1.58. The molecule has 0 amide bonds. The van der Waals surface area contributed by atoms with Crippen LogP contribution in [0.25, 0.3) is 0 Å². The lowest BCUT2D eigenvalue weighted by Gasteiger charge is -1.83. The summed E-state index contributed by atoms with van der Waals surface area (Å²) in [7, 11) is 0. The summed E-state index contributed by atoms with van der Waals surface area (Å²) >= 11 is 0. The minimum atomic E-state index is -0.317. The van der Waals surface area contributed by atoms with Crippen LogP contribution < -0.4 is 0 Å². The SMILES string of the molecule is Cc1[nH]c(C=O)c(C)c1F. The zero-order valence-corrected chi connectivity index (χ0v) is 5.86. The molecule has 0 aliphatic heterocycles. The second-order valence-corrected chi connectivity index (χ2v) is 2.22. The third kappa shape index (κ3) is 0.835. The first-order valence-corrected chi connectivity index (χ1v) is 2.96. The van der Waals surface area contributed by atoms with E-state index in [2.05, 4.69) is 4.98 Å². The number of H-pyrrole nitrogens is 1. The summed E-state index contributed by atoms with van der Waals surface area (Å²) in [6.45, 7) is 3.16. The van der Waals surface area contributed by atoms with Gasteiger partial charge in [-0.05, 0) is 13.8 Å². The minimum absolute atomic E-state index is 0.317. The van der Waals surface area contributed by atoms with Crippen LogP contribution in [-0.4, -0.2) is 11.3 Å². The van der Waals surface area contributed by atoms with Crippen LogP contribution in [0.3, 0.4) is 0 Å². The van der Waals surface area contributed by atoms with Gasteiger partial charge in [-0.25, -0.2) is 4.39 Å². The molecule has 54 valence electrons. The van der Waals surface area contributed by atoms with E-state index in [1.165, 1.54) is 0 Å². The van der Waals surface area contributed by atoms with Crippen molar-refractivity contribution in [3.8, 4) is 0 Å². The minimum Gasteiger partial charge on any atom is -0.354 e. The van der Waals surface area contributed by atoms with E-state index in [4.69, 9.17) is 0 Å². The number of hydrogen-bond donors (Lipinski definition) is 1. The fourth-order valence-corrected chi connectivity index (χ4v) is 0.868. The Kier molecular flexibility index (Phi) is 1.57. The van der Waals surface area contributed by atoms with Crippen molar-refractivity contribution in [3.63, 3.8) is 0 Å². The molecule has 0 aromatic carbocycles. The van der Waals surface area contributed by atoms with Crippen molar-refractivity contribution in [2.45, 2.75) is 13.8 Å². The van der Waals surface area contributed by atoms with E-state index in [1.807, 2.05) is 0 Å². The molecule has 0 aliphatic rings. The molecule has 0 unspecified atom stereocenters. The standard InChI is InChI=1S/C7H8FNO/c1-4-6(3-10)9-5(2)7(4)8/h3,9H,1-2H3. The van der Waals surface area contributed by atoms with Crippen LogP contribution in [0.5, 0.6) is 0 Å². The monoisotopic (exact) mass is 141 g/mol. The van der Waals surface area contributed by atoms with E-state index in [0.717, 1.165) is 0 Å². The predicted molar refractivity (Wildman–Crippen MR) is 35.6 cm³/mol. The van der Waals surface area contributed by atoms with Crippen molar-refractivity contribution in [2.75, 3.05) is 0 Å². The Balaban J connectivity index is 3.30. The first kappa shape index (κ1) is 6.99. The second-order valence-electron chi connectivity index (χ2n) is 2.22. The molecule has 0 bridgehead atoms. The van der Waals surface area contributed by atoms with Gasteiger partial charge in [0.2, 0.25) is 0 Å². The number of carbonyl (C=O) groups excluding carboxylic acids is 1. The van der Waals surface area contributed by atoms with Crippen molar-refractivity contribution in [1.29, 1.82) is 0 Å². The Bertz CT molecular complexity index is 265. The quantitative estimate of drug-likeness (QED) is 0.592. The highest BCUT2D eigenvalue weighted by Crippen LogP contribution is 2.12. The lowest BCUT2D eigenvalue weighted by atomic mass is 10.3. The van der Waals surface area contributed by atoms with E-state index >= 15 is 0 Å². The van der Waals surface area contributed by atoms with Crippen LogP contribution in [0.2, 0.25) is 0 Å². The van der Waals surface area contributed by atoms with Gasteiger partial charge in [-0.2, -0.15) is 0 Å². The average Bonchev–Trinajstić information content (AvgIpc) is 2.17.